The van der Waals surface area contributed by atoms with Crippen molar-refractivity contribution in [3.8, 4) is 11.5 Å². The minimum atomic E-state index is -0.399. The molecule has 0 bridgehead atoms. The van der Waals surface area contributed by atoms with Gasteiger partial charge in [-0.1, -0.05) is 43.3 Å². The van der Waals surface area contributed by atoms with E-state index in [1.807, 2.05) is 13.0 Å². The first-order valence-corrected chi connectivity index (χ1v) is 11.3. The van der Waals surface area contributed by atoms with E-state index in [-0.39, 0.29) is 17.4 Å². The number of methoxy groups -OCH3 is 1. The summed E-state index contributed by atoms with van der Waals surface area (Å²) in [4.78, 5) is 2.47. The molecule has 4 heteroatoms. The Labute approximate surface area is 180 Å². The Morgan fingerprint density at radius 1 is 1.10 bits per heavy atom. The van der Waals surface area contributed by atoms with Crippen LogP contribution in [0.15, 0.2) is 48.5 Å². The van der Waals surface area contributed by atoms with Crippen LogP contribution < -0.4 is 9.47 Å². The first kappa shape index (κ1) is 21.2. The molecule has 4 rings (SSSR count). The lowest BCUT2D eigenvalue weighted by atomic mass is 9.72. The standard InChI is InChI=1S/C26H35NO3/c1-19(28)26(2)18-27(16-20-9-5-4-6-10-20)17-23(26)21-13-14-24(29-3)25(15-21)30-22-11-7-8-12-22/h4-6,9-10,13-15,19,22-23,28H,7-8,11-12,16-18H2,1-3H3. The van der Waals surface area contributed by atoms with Crippen LogP contribution in [-0.2, 0) is 6.54 Å². The number of hydrogen-bond donors (Lipinski definition) is 1. The SMILES string of the molecule is COc1ccc(C2CN(Cc3ccccc3)CC2(C)C(C)O)cc1OC1CCCC1. The molecule has 1 aliphatic heterocycles. The van der Waals surface area contributed by atoms with E-state index in [9.17, 15) is 5.11 Å². The molecule has 2 aliphatic rings. The van der Waals surface area contributed by atoms with Gasteiger partial charge in [-0.2, -0.15) is 0 Å². The lowest BCUT2D eigenvalue weighted by Crippen LogP contribution is -2.37. The van der Waals surface area contributed by atoms with Crippen LogP contribution >= 0.6 is 0 Å². The highest BCUT2D eigenvalue weighted by molar-refractivity contribution is 5.45. The number of nitrogens with zero attached hydrogens (tertiary/aromatic N) is 1. The fourth-order valence-corrected chi connectivity index (χ4v) is 5.18. The maximum Gasteiger partial charge on any atom is 0.161 e. The van der Waals surface area contributed by atoms with Gasteiger partial charge < -0.3 is 14.6 Å². The smallest absolute Gasteiger partial charge is 0.161 e. The van der Waals surface area contributed by atoms with Gasteiger partial charge >= 0.3 is 0 Å². The van der Waals surface area contributed by atoms with E-state index in [0.29, 0.717) is 0 Å². The zero-order chi connectivity index (χ0) is 21.1. The van der Waals surface area contributed by atoms with Crippen molar-refractivity contribution in [2.75, 3.05) is 20.2 Å². The number of aliphatic hydroxyl groups excluding tert-OH is 1. The Balaban J connectivity index is 1.59. The third kappa shape index (κ3) is 4.35. The number of ether oxygens (including phenoxy) is 2. The quantitative estimate of drug-likeness (QED) is 0.698. The lowest BCUT2D eigenvalue weighted by molar-refractivity contribution is 0.0474. The van der Waals surface area contributed by atoms with E-state index in [2.05, 4.69) is 54.3 Å². The van der Waals surface area contributed by atoms with Crippen LogP contribution in [0.4, 0.5) is 0 Å². The van der Waals surface area contributed by atoms with Crippen molar-refractivity contribution in [2.45, 2.75) is 64.2 Å². The highest BCUT2D eigenvalue weighted by Crippen LogP contribution is 2.47. The molecule has 0 spiro atoms. The molecule has 0 radical (unpaired) electrons. The summed E-state index contributed by atoms with van der Waals surface area (Å²) in [5, 5.41) is 10.7. The average Bonchev–Trinajstić information content (AvgIpc) is 3.37. The van der Waals surface area contributed by atoms with Crippen molar-refractivity contribution in [1.82, 2.24) is 4.90 Å². The first-order chi connectivity index (χ1) is 14.5. The Bertz CT molecular complexity index is 831. The van der Waals surface area contributed by atoms with E-state index in [1.54, 1.807) is 7.11 Å². The van der Waals surface area contributed by atoms with Crippen LogP contribution in [0.2, 0.25) is 0 Å². The van der Waals surface area contributed by atoms with Crippen LogP contribution in [0.3, 0.4) is 0 Å². The number of hydrogen-bond acceptors (Lipinski definition) is 4. The van der Waals surface area contributed by atoms with E-state index in [1.165, 1.54) is 24.0 Å². The zero-order valence-corrected chi connectivity index (χ0v) is 18.5. The third-order valence-corrected chi connectivity index (χ3v) is 7.19. The largest absolute Gasteiger partial charge is 0.493 e. The molecule has 0 amide bonds. The lowest BCUT2D eigenvalue weighted by Gasteiger charge is -2.34. The molecular weight excluding hydrogens is 374 g/mol. The van der Waals surface area contributed by atoms with Gasteiger partial charge in [-0.15, -0.1) is 0 Å². The molecule has 30 heavy (non-hydrogen) atoms. The molecular formula is C26H35NO3. The number of benzene rings is 2. The molecule has 162 valence electrons. The predicted octanol–water partition coefficient (Wildman–Crippen LogP) is 5.00. The molecule has 2 aromatic carbocycles. The molecule has 0 aromatic heterocycles. The van der Waals surface area contributed by atoms with E-state index in [4.69, 9.17) is 9.47 Å². The van der Waals surface area contributed by atoms with E-state index in [0.717, 1.165) is 44.0 Å². The summed E-state index contributed by atoms with van der Waals surface area (Å²) in [6.45, 7) is 6.84. The van der Waals surface area contributed by atoms with Gasteiger partial charge in [0.15, 0.2) is 11.5 Å². The fraction of sp³-hybridized carbons (Fsp3) is 0.538. The van der Waals surface area contributed by atoms with Gasteiger partial charge in [0.05, 0.1) is 19.3 Å². The average molecular weight is 410 g/mol. The van der Waals surface area contributed by atoms with Gasteiger partial charge in [0, 0.05) is 31.0 Å². The monoisotopic (exact) mass is 409 g/mol. The van der Waals surface area contributed by atoms with Crippen molar-refractivity contribution >= 4 is 0 Å². The zero-order valence-electron chi connectivity index (χ0n) is 18.5. The van der Waals surface area contributed by atoms with Gasteiger partial charge in [0.25, 0.3) is 0 Å². The molecule has 3 atom stereocenters. The maximum absolute atomic E-state index is 10.7. The highest BCUT2D eigenvalue weighted by atomic mass is 16.5. The van der Waals surface area contributed by atoms with Gasteiger partial charge in [0.1, 0.15) is 0 Å². The van der Waals surface area contributed by atoms with Crippen molar-refractivity contribution in [3.63, 3.8) is 0 Å². The molecule has 1 aliphatic carbocycles. The van der Waals surface area contributed by atoms with Crippen LogP contribution in [0.1, 0.15) is 56.6 Å². The summed E-state index contributed by atoms with van der Waals surface area (Å²) in [7, 11) is 1.70. The Hall–Kier alpha value is -2.04. The van der Waals surface area contributed by atoms with Crippen LogP contribution in [0.25, 0.3) is 0 Å². The number of likely N-dealkylation sites (tertiary alicyclic amines) is 1. The molecule has 3 unspecified atom stereocenters. The second kappa shape index (κ2) is 8.99. The van der Waals surface area contributed by atoms with Crippen molar-refractivity contribution in [1.29, 1.82) is 0 Å². The number of aliphatic hydroxyl groups is 1. The molecule has 2 fully saturated rings. The topological polar surface area (TPSA) is 41.9 Å². The summed E-state index contributed by atoms with van der Waals surface area (Å²) in [5.74, 6) is 1.87. The Morgan fingerprint density at radius 3 is 2.50 bits per heavy atom. The molecule has 1 saturated heterocycles. The predicted molar refractivity (Wildman–Crippen MR) is 120 cm³/mol. The van der Waals surface area contributed by atoms with Gasteiger partial charge in [-0.25, -0.2) is 0 Å². The minimum absolute atomic E-state index is 0.214. The molecule has 1 saturated carbocycles. The minimum Gasteiger partial charge on any atom is -0.493 e. The third-order valence-electron chi connectivity index (χ3n) is 7.19. The fourth-order valence-electron chi connectivity index (χ4n) is 5.18. The van der Waals surface area contributed by atoms with Gasteiger partial charge in [-0.05, 0) is 55.9 Å². The molecule has 1 heterocycles. The van der Waals surface area contributed by atoms with Gasteiger partial charge in [0.2, 0.25) is 0 Å². The normalized spacial score (nSPS) is 26.1. The van der Waals surface area contributed by atoms with Crippen molar-refractivity contribution in [2.24, 2.45) is 5.41 Å². The summed E-state index contributed by atoms with van der Waals surface area (Å²) in [6.07, 6.45) is 4.60. The molecule has 2 aromatic rings. The Kier molecular flexibility index (Phi) is 6.35. The number of rotatable bonds is 7. The summed E-state index contributed by atoms with van der Waals surface area (Å²) >= 11 is 0. The van der Waals surface area contributed by atoms with Crippen molar-refractivity contribution < 1.29 is 14.6 Å². The van der Waals surface area contributed by atoms with Gasteiger partial charge in [-0.3, -0.25) is 4.90 Å². The van der Waals surface area contributed by atoms with Crippen LogP contribution in [0, 0.1) is 5.41 Å². The molecule has 1 N–H and O–H groups in total. The second-order valence-corrected chi connectivity index (χ2v) is 9.32. The summed E-state index contributed by atoms with van der Waals surface area (Å²) in [5.41, 5.74) is 2.32. The van der Waals surface area contributed by atoms with Crippen LogP contribution in [0.5, 0.6) is 11.5 Å². The van der Waals surface area contributed by atoms with E-state index < -0.39 is 6.10 Å². The first-order valence-electron chi connectivity index (χ1n) is 11.3. The van der Waals surface area contributed by atoms with Crippen LogP contribution in [-0.4, -0.2) is 42.4 Å². The summed E-state index contributed by atoms with van der Waals surface area (Å²) < 4.78 is 11.9. The Morgan fingerprint density at radius 2 is 1.83 bits per heavy atom. The highest BCUT2D eigenvalue weighted by Gasteiger charge is 2.47. The summed E-state index contributed by atoms with van der Waals surface area (Å²) in [6, 6.07) is 16.9. The van der Waals surface area contributed by atoms with E-state index >= 15 is 0 Å². The second-order valence-electron chi connectivity index (χ2n) is 9.32. The maximum atomic E-state index is 10.7. The van der Waals surface area contributed by atoms with Crippen molar-refractivity contribution in [3.05, 3.63) is 59.7 Å². The molecule has 4 nitrogen and oxygen atoms in total.